The maximum absolute atomic E-state index is 11.1. The summed E-state index contributed by atoms with van der Waals surface area (Å²) in [6.45, 7) is 3.94. The molecule has 2 heteroatoms. The van der Waals surface area contributed by atoms with E-state index in [1.807, 2.05) is 0 Å². The number of hydrogen-bond acceptors (Lipinski definition) is 1. The minimum Gasteiger partial charge on any atom is -0.478 e. The smallest absolute Gasteiger partial charge is 0.331 e. The molecule has 1 rings (SSSR count). The van der Waals surface area contributed by atoms with Crippen molar-refractivity contribution in [3.05, 3.63) is 11.1 Å². The van der Waals surface area contributed by atoms with Crippen molar-refractivity contribution in [3.8, 4) is 0 Å². The molecule has 0 aromatic carbocycles. The van der Waals surface area contributed by atoms with Crippen LogP contribution < -0.4 is 0 Å². The summed E-state index contributed by atoms with van der Waals surface area (Å²) in [5, 5.41) is 9.12. The van der Waals surface area contributed by atoms with Crippen LogP contribution in [0.3, 0.4) is 0 Å². The molecule has 0 aliphatic heterocycles. The van der Waals surface area contributed by atoms with Gasteiger partial charge in [0.2, 0.25) is 0 Å². The Morgan fingerprint density at radius 1 is 1.25 bits per heavy atom. The van der Waals surface area contributed by atoms with Gasteiger partial charge in [-0.05, 0) is 38.5 Å². The third kappa shape index (κ3) is 3.66. The molecule has 16 heavy (non-hydrogen) atoms. The second kappa shape index (κ2) is 6.72. The Morgan fingerprint density at radius 3 is 2.38 bits per heavy atom. The van der Waals surface area contributed by atoms with Gasteiger partial charge >= 0.3 is 5.97 Å². The highest BCUT2D eigenvalue weighted by atomic mass is 16.4. The molecule has 0 bridgehead atoms. The van der Waals surface area contributed by atoms with Crippen LogP contribution in [-0.2, 0) is 4.79 Å². The van der Waals surface area contributed by atoms with E-state index in [1.165, 1.54) is 37.7 Å². The van der Waals surface area contributed by atoms with Gasteiger partial charge in [-0.2, -0.15) is 0 Å². The predicted octanol–water partition coefficient (Wildman–Crippen LogP) is 4.16. The van der Waals surface area contributed by atoms with Crippen molar-refractivity contribution in [2.45, 2.75) is 65.2 Å². The Balaban J connectivity index is 2.76. The number of hydrogen-bond donors (Lipinski definition) is 1. The second-order valence-electron chi connectivity index (χ2n) is 4.89. The summed E-state index contributed by atoms with van der Waals surface area (Å²) < 4.78 is 0. The zero-order chi connectivity index (χ0) is 12.0. The summed E-state index contributed by atoms with van der Waals surface area (Å²) in [5.41, 5.74) is 1.84. The second-order valence-corrected chi connectivity index (χ2v) is 4.89. The Hall–Kier alpha value is -0.790. The van der Waals surface area contributed by atoms with Crippen molar-refractivity contribution in [1.82, 2.24) is 0 Å². The van der Waals surface area contributed by atoms with Crippen LogP contribution in [0.15, 0.2) is 11.1 Å². The van der Waals surface area contributed by atoms with E-state index in [9.17, 15) is 4.79 Å². The van der Waals surface area contributed by atoms with Crippen LogP contribution in [0.2, 0.25) is 0 Å². The minimum absolute atomic E-state index is 0.552. The van der Waals surface area contributed by atoms with Gasteiger partial charge in [-0.3, -0.25) is 0 Å². The fraction of sp³-hybridized carbons (Fsp3) is 0.786. The summed E-state index contributed by atoms with van der Waals surface area (Å²) in [4.78, 5) is 11.1. The van der Waals surface area contributed by atoms with E-state index in [1.54, 1.807) is 6.92 Å². The van der Waals surface area contributed by atoms with E-state index < -0.39 is 5.97 Å². The van der Waals surface area contributed by atoms with Gasteiger partial charge in [0.1, 0.15) is 0 Å². The van der Waals surface area contributed by atoms with E-state index in [4.69, 9.17) is 5.11 Å². The van der Waals surface area contributed by atoms with Crippen LogP contribution in [0.5, 0.6) is 0 Å². The Labute approximate surface area is 98.7 Å². The summed E-state index contributed by atoms with van der Waals surface area (Å²) in [6, 6.07) is 0. The van der Waals surface area contributed by atoms with Gasteiger partial charge in [-0.1, -0.05) is 38.2 Å². The quantitative estimate of drug-likeness (QED) is 0.712. The summed E-state index contributed by atoms with van der Waals surface area (Å²) in [6.07, 6.45) is 9.51. The molecule has 0 heterocycles. The molecule has 1 N–H and O–H groups in total. The van der Waals surface area contributed by atoms with Crippen molar-refractivity contribution in [2.24, 2.45) is 5.92 Å². The Morgan fingerprint density at radius 2 is 1.88 bits per heavy atom. The van der Waals surface area contributed by atoms with Gasteiger partial charge in [-0.25, -0.2) is 4.79 Å². The summed E-state index contributed by atoms with van der Waals surface area (Å²) in [7, 11) is 0. The molecular weight excluding hydrogens is 200 g/mol. The number of rotatable bonds is 5. The zero-order valence-electron chi connectivity index (χ0n) is 10.6. The third-order valence-corrected chi connectivity index (χ3v) is 3.70. The van der Waals surface area contributed by atoms with Crippen molar-refractivity contribution in [1.29, 1.82) is 0 Å². The molecule has 92 valence electrons. The monoisotopic (exact) mass is 224 g/mol. The van der Waals surface area contributed by atoms with Crippen LogP contribution in [0.4, 0.5) is 0 Å². The lowest BCUT2D eigenvalue weighted by molar-refractivity contribution is -0.132. The molecule has 0 aromatic heterocycles. The third-order valence-electron chi connectivity index (χ3n) is 3.70. The molecule has 0 atom stereocenters. The summed E-state index contributed by atoms with van der Waals surface area (Å²) in [5.74, 6) is -0.173. The SMILES string of the molecule is CCCC/C(=C(\C)C(=O)O)C1CCCCC1. The van der Waals surface area contributed by atoms with Crippen molar-refractivity contribution in [3.63, 3.8) is 0 Å². The van der Waals surface area contributed by atoms with Gasteiger partial charge < -0.3 is 5.11 Å². The normalized spacial score (nSPS) is 19.4. The number of carboxylic acid groups (broad SMARTS) is 1. The first-order chi connectivity index (χ1) is 7.66. The summed E-state index contributed by atoms with van der Waals surface area (Å²) >= 11 is 0. The molecule has 0 amide bonds. The lowest BCUT2D eigenvalue weighted by Gasteiger charge is -2.25. The number of carbonyl (C=O) groups is 1. The molecule has 2 nitrogen and oxygen atoms in total. The standard InChI is InChI=1S/C14H24O2/c1-3-4-10-13(11(2)14(15)16)12-8-6-5-7-9-12/h12H,3-10H2,1-2H3,(H,15,16)/b13-11-. The van der Waals surface area contributed by atoms with Gasteiger partial charge in [0.25, 0.3) is 0 Å². The molecule has 0 unspecified atom stereocenters. The van der Waals surface area contributed by atoms with Gasteiger partial charge in [0.15, 0.2) is 0 Å². The average molecular weight is 224 g/mol. The van der Waals surface area contributed by atoms with E-state index in [2.05, 4.69) is 6.92 Å². The maximum Gasteiger partial charge on any atom is 0.331 e. The Kier molecular flexibility index (Phi) is 5.58. The van der Waals surface area contributed by atoms with E-state index in [0.717, 1.165) is 19.3 Å². The van der Waals surface area contributed by atoms with Crippen molar-refractivity contribution >= 4 is 5.97 Å². The van der Waals surface area contributed by atoms with E-state index in [-0.39, 0.29) is 0 Å². The fourth-order valence-corrected chi connectivity index (χ4v) is 2.65. The average Bonchev–Trinajstić information content (AvgIpc) is 2.30. The van der Waals surface area contributed by atoms with Crippen LogP contribution >= 0.6 is 0 Å². The number of carboxylic acids is 1. The first-order valence-electron chi connectivity index (χ1n) is 6.59. The molecule has 1 saturated carbocycles. The number of aliphatic carboxylic acids is 1. The lowest BCUT2D eigenvalue weighted by Crippen LogP contribution is -2.14. The maximum atomic E-state index is 11.1. The molecule has 1 fully saturated rings. The highest BCUT2D eigenvalue weighted by molar-refractivity contribution is 5.86. The molecule has 0 spiro atoms. The molecule has 0 aromatic rings. The van der Waals surface area contributed by atoms with Crippen LogP contribution in [0, 0.1) is 5.92 Å². The van der Waals surface area contributed by atoms with E-state index >= 15 is 0 Å². The molecule has 1 aliphatic carbocycles. The molecule has 1 aliphatic rings. The van der Waals surface area contributed by atoms with Gasteiger partial charge in [0, 0.05) is 5.57 Å². The van der Waals surface area contributed by atoms with Crippen molar-refractivity contribution in [2.75, 3.05) is 0 Å². The van der Waals surface area contributed by atoms with Crippen LogP contribution in [-0.4, -0.2) is 11.1 Å². The molecular formula is C14H24O2. The van der Waals surface area contributed by atoms with Crippen LogP contribution in [0.25, 0.3) is 0 Å². The molecule has 0 radical (unpaired) electrons. The fourth-order valence-electron chi connectivity index (χ4n) is 2.65. The van der Waals surface area contributed by atoms with Crippen LogP contribution in [0.1, 0.15) is 65.2 Å². The van der Waals surface area contributed by atoms with Crippen molar-refractivity contribution < 1.29 is 9.90 Å². The highest BCUT2D eigenvalue weighted by Crippen LogP contribution is 2.34. The first-order valence-corrected chi connectivity index (χ1v) is 6.59. The van der Waals surface area contributed by atoms with E-state index in [0.29, 0.717) is 11.5 Å². The van der Waals surface area contributed by atoms with Gasteiger partial charge in [0.05, 0.1) is 0 Å². The van der Waals surface area contributed by atoms with Gasteiger partial charge in [-0.15, -0.1) is 0 Å². The zero-order valence-corrected chi connectivity index (χ0v) is 10.6. The predicted molar refractivity (Wildman–Crippen MR) is 66.4 cm³/mol. The lowest BCUT2D eigenvalue weighted by atomic mass is 9.80. The Bertz CT molecular complexity index is 260. The topological polar surface area (TPSA) is 37.3 Å². The number of unbranched alkanes of at least 4 members (excludes halogenated alkanes) is 1. The largest absolute Gasteiger partial charge is 0.478 e. The highest BCUT2D eigenvalue weighted by Gasteiger charge is 2.21. The minimum atomic E-state index is -0.725. The number of allylic oxidation sites excluding steroid dienone is 1. The molecule has 0 saturated heterocycles. The first kappa shape index (κ1) is 13.3.